The van der Waals surface area contributed by atoms with Gasteiger partial charge in [-0.05, 0) is 19.3 Å². The number of hydrogen-bond acceptors (Lipinski definition) is 3. The highest BCUT2D eigenvalue weighted by atomic mass is 32.2. The van der Waals surface area contributed by atoms with Crippen LogP contribution in [0.15, 0.2) is 0 Å². The van der Waals surface area contributed by atoms with Gasteiger partial charge in [-0.15, -0.1) is 0 Å². The van der Waals surface area contributed by atoms with Crippen molar-refractivity contribution >= 4 is 16.0 Å². The van der Waals surface area contributed by atoms with Gasteiger partial charge in [0.1, 0.15) is 6.04 Å². The Labute approximate surface area is 96.3 Å². The van der Waals surface area contributed by atoms with Crippen LogP contribution in [0.2, 0.25) is 0 Å². The molecular weight excluding hydrogens is 230 g/mol. The highest BCUT2D eigenvalue weighted by molar-refractivity contribution is 7.90. The lowest BCUT2D eigenvalue weighted by atomic mass is 10.2. The first-order chi connectivity index (χ1) is 7.47. The van der Waals surface area contributed by atoms with Gasteiger partial charge in [0.25, 0.3) is 0 Å². The maximum Gasteiger partial charge on any atom is 0.321 e. The van der Waals surface area contributed by atoms with Gasteiger partial charge in [-0.2, -0.15) is 0 Å². The van der Waals surface area contributed by atoms with Crippen molar-refractivity contribution in [2.75, 3.05) is 0 Å². The van der Waals surface area contributed by atoms with Crippen LogP contribution >= 0.6 is 0 Å². The number of rotatable bonds is 6. The van der Waals surface area contributed by atoms with E-state index in [-0.39, 0.29) is 0 Å². The summed E-state index contributed by atoms with van der Waals surface area (Å²) in [6, 6.07) is -0.976. The van der Waals surface area contributed by atoms with Crippen LogP contribution in [0, 0.1) is 0 Å². The molecule has 94 valence electrons. The fourth-order valence-corrected chi connectivity index (χ4v) is 3.78. The molecule has 1 atom stereocenters. The van der Waals surface area contributed by atoms with Gasteiger partial charge in [0.2, 0.25) is 10.0 Å². The van der Waals surface area contributed by atoms with E-state index >= 15 is 0 Å². The highest BCUT2D eigenvalue weighted by Crippen LogP contribution is 2.24. The minimum absolute atomic E-state index is 0.335. The SMILES string of the molecule is CCC[C@@H](NS(=O)(=O)C1CCCC1)C(=O)O. The molecule has 0 amide bonds. The third kappa shape index (κ3) is 3.45. The molecule has 0 saturated heterocycles. The lowest BCUT2D eigenvalue weighted by molar-refractivity contribution is -0.139. The van der Waals surface area contributed by atoms with E-state index < -0.39 is 27.3 Å². The van der Waals surface area contributed by atoms with Gasteiger partial charge in [0.15, 0.2) is 0 Å². The van der Waals surface area contributed by atoms with Gasteiger partial charge in [-0.25, -0.2) is 13.1 Å². The minimum Gasteiger partial charge on any atom is -0.480 e. The second-order valence-electron chi connectivity index (χ2n) is 4.25. The van der Waals surface area contributed by atoms with Crippen molar-refractivity contribution in [1.82, 2.24) is 4.72 Å². The average Bonchev–Trinajstić information content (AvgIpc) is 2.69. The number of carboxylic acids is 1. The molecule has 1 fully saturated rings. The number of carboxylic acid groups (broad SMARTS) is 1. The Balaban J connectivity index is 2.65. The quantitative estimate of drug-likeness (QED) is 0.738. The standard InChI is InChI=1S/C10H19NO4S/c1-2-5-9(10(12)13)11-16(14,15)8-6-3-4-7-8/h8-9,11H,2-7H2,1H3,(H,12,13)/t9-/m1/s1. The Kier molecular flexibility index (Phi) is 4.73. The minimum atomic E-state index is -3.46. The van der Waals surface area contributed by atoms with Crippen LogP contribution in [0.4, 0.5) is 0 Å². The molecular formula is C10H19NO4S. The van der Waals surface area contributed by atoms with E-state index in [4.69, 9.17) is 5.11 Å². The molecule has 0 unspecified atom stereocenters. The largest absolute Gasteiger partial charge is 0.480 e. The molecule has 0 heterocycles. The molecule has 0 aromatic carbocycles. The molecule has 6 heteroatoms. The zero-order valence-electron chi connectivity index (χ0n) is 9.48. The Morgan fingerprint density at radius 3 is 2.44 bits per heavy atom. The van der Waals surface area contributed by atoms with Gasteiger partial charge in [-0.1, -0.05) is 26.2 Å². The molecule has 0 aromatic heterocycles. The van der Waals surface area contributed by atoms with Crippen LogP contribution in [0.5, 0.6) is 0 Å². The molecule has 0 aliphatic heterocycles. The van der Waals surface area contributed by atoms with Crippen molar-refractivity contribution in [3.63, 3.8) is 0 Å². The lowest BCUT2D eigenvalue weighted by Gasteiger charge is -2.17. The highest BCUT2D eigenvalue weighted by Gasteiger charge is 2.32. The van der Waals surface area contributed by atoms with Crippen LogP contribution < -0.4 is 4.72 Å². The zero-order valence-corrected chi connectivity index (χ0v) is 10.3. The number of aliphatic carboxylic acids is 1. The predicted molar refractivity (Wildman–Crippen MR) is 60.6 cm³/mol. The molecule has 5 nitrogen and oxygen atoms in total. The van der Waals surface area contributed by atoms with Gasteiger partial charge in [-0.3, -0.25) is 4.79 Å². The lowest BCUT2D eigenvalue weighted by Crippen LogP contribution is -2.44. The van der Waals surface area contributed by atoms with E-state index in [0.717, 1.165) is 12.8 Å². The molecule has 1 rings (SSSR count). The number of hydrogen-bond donors (Lipinski definition) is 2. The monoisotopic (exact) mass is 249 g/mol. The van der Waals surface area contributed by atoms with E-state index in [1.165, 1.54) is 0 Å². The Morgan fingerprint density at radius 1 is 1.44 bits per heavy atom. The first-order valence-electron chi connectivity index (χ1n) is 5.71. The molecule has 0 radical (unpaired) electrons. The zero-order chi connectivity index (χ0) is 12.2. The summed E-state index contributed by atoms with van der Waals surface area (Å²) in [5.41, 5.74) is 0. The van der Waals surface area contributed by atoms with Gasteiger partial charge in [0.05, 0.1) is 5.25 Å². The van der Waals surface area contributed by atoms with E-state index in [0.29, 0.717) is 25.7 Å². The Hall–Kier alpha value is -0.620. The third-order valence-corrected chi connectivity index (χ3v) is 4.89. The normalized spacial score (nSPS) is 19.8. The maximum atomic E-state index is 11.8. The third-order valence-electron chi connectivity index (χ3n) is 2.92. The maximum absolute atomic E-state index is 11.8. The molecule has 1 aliphatic carbocycles. The van der Waals surface area contributed by atoms with Crippen molar-refractivity contribution in [1.29, 1.82) is 0 Å². The smallest absolute Gasteiger partial charge is 0.321 e. The fraction of sp³-hybridized carbons (Fsp3) is 0.900. The van der Waals surface area contributed by atoms with Crippen molar-refractivity contribution in [2.45, 2.75) is 56.7 Å². The van der Waals surface area contributed by atoms with Crippen LogP contribution in [0.1, 0.15) is 45.4 Å². The Morgan fingerprint density at radius 2 is 2.00 bits per heavy atom. The van der Waals surface area contributed by atoms with Crippen LogP contribution in [0.3, 0.4) is 0 Å². The van der Waals surface area contributed by atoms with Gasteiger partial charge >= 0.3 is 5.97 Å². The second kappa shape index (κ2) is 5.63. The van der Waals surface area contributed by atoms with E-state index in [9.17, 15) is 13.2 Å². The van der Waals surface area contributed by atoms with Crippen molar-refractivity contribution < 1.29 is 18.3 Å². The average molecular weight is 249 g/mol. The van der Waals surface area contributed by atoms with Crippen molar-refractivity contribution in [2.24, 2.45) is 0 Å². The number of carbonyl (C=O) groups is 1. The summed E-state index contributed by atoms with van der Waals surface area (Å²) in [6.45, 7) is 1.83. The van der Waals surface area contributed by atoms with E-state index in [1.54, 1.807) is 0 Å². The van der Waals surface area contributed by atoms with Crippen LogP contribution in [-0.4, -0.2) is 30.8 Å². The van der Waals surface area contributed by atoms with E-state index in [2.05, 4.69) is 4.72 Å². The summed E-state index contributed by atoms with van der Waals surface area (Å²) < 4.78 is 26.0. The summed E-state index contributed by atoms with van der Waals surface area (Å²) in [6.07, 6.45) is 4.10. The molecule has 1 saturated carbocycles. The van der Waals surface area contributed by atoms with Crippen molar-refractivity contribution in [3.8, 4) is 0 Å². The molecule has 0 bridgehead atoms. The fourth-order valence-electron chi connectivity index (χ4n) is 2.01. The second-order valence-corrected chi connectivity index (χ2v) is 6.24. The predicted octanol–water partition coefficient (Wildman–Crippen LogP) is 1.10. The van der Waals surface area contributed by atoms with Crippen LogP contribution in [-0.2, 0) is 14.8 Å². The summed E-state index contributed by atoms with van der Waals surface area (Å²) in [5, 5.41) is 8.49. The molecule has 0 aromatic rings. The molecule has 0 spiro atoms. The molecule has 2 N–H and O–H groups in total. The molecule has 1 aliphatic rings. The molecule has 16 heavy (non-hydrogen) atoms. The number of nitrogens with one attached hydrogen (secondary N) is 1. The first kappa shape index (κ1) is 13.4. The van der Waals surface area contributed by atoms with Crippen molar-refractivity contribution in [3.05, 3.63) is 0 Å². The summed E-state index contributed by atoms with van der Waals surface area (Å²) in [5.74, 6) is -1.09. The first-order valence-corrected chi connectivity index (χ1v) is 7.26. The Bertz CT molecular complexity index is 333. The van der Waals surface area contributed by atoms with Gasteiger partial charge in [0, 0.05) is 0 Å². The van der Waals surface area contributed by atoms with E-state index in [1.807, 2.05) is 6.92 Å². The summed E-state index contributed by atoms with van der Waals surface area (Å²) in [4.78, 5) is 10.9. The van der Waals surface area contributed by atoms with Crippen LogP contribution in [0.25, 0.3) is 0 Å². The number of sulfonamides is 1. The topological polar surface area (TPSA) is 83.5 Å². The summed E-state index contributed by atoms with van der Waals surface area (Å²) in [7, 11) is -3.46. The summed E-state index contributed by atoms with van der Waals surface area (Å²) >= 11 is 0. The van der Waals surface area contributed by atoms with Gasteiger partial charge < -0.3 is 5.11 Å².